The van der Waals surface area contributed by atoms with E-state index >= 15 is 0 Å². The molecule has 0 radical (unpaired) electrons. The zero-order chi connectivity index (χ0) is 24.9. The molecule has 0 bridgehead atoms. The molecule has 0 saturated carbocycles. The maximum atomic E-state index is 12.9. The minimum absolute atomic E-state index is 0.0414. The van der Waals surface area contributed by atoms with Crippen molar-refractivity contribution in [2.24, 2.45) is 4.99 Å². The molecule has 182 valence electrons. The van der Waals surface area contributed by atoms with Gasteiger partial charge in [-0.15, -0.1) is 0 Å². The first-order valence-electron chi connectivity index (χ1n) is 11.1. The lowest BCUT2D eigenvalue weighted by Gasteiger charge is -2.13. The third-order valence-electron chi connectivity index (χ3n) is 5.38. The number of methoxy groups -OCH3 is 1. The van der Waals surface area contributed by atoms with E-state index in [1.165, 1.54) is 7.11 Å². The first kappa shape index (κ1) is 24.2. The second-order valence-corrected chi connectivity index (χ2v) is 8.39. The topological polar surface area (TPSA) is 109 Å². The summed E-state index contributed by atoms with van der Waals surface area (Å²) in [5.74, 6) is -0.280. The molecule has 9 nitrogen and oxygen atoms in total. The molecule has 0 saturated heterocycles. The Morgan fingerprint density at radius 1 is 1.26 bits per heavy atom. The Labute approximate surface area is 203 Å². The number of esters is 1. The zero-order valence-corrected chi connectivity index (χ0v) is 20.2. The van der Waals surface area contributed by atoms with Crippen LogP contribution in [0.1, 0.15) is 32.8 Å². The number of hydrogen-bond acceptors (Lipinski definition) is 9. The molecule has 3 heterocycles. The highest BCUT2D eigenvalue weighted by Gasteiger charge is 2.28. The molecule has 1 aliphatic rings. The molecule has 0 aliphatic carbocycles. The van der Waals surface area contributed by atoms with Crippen LogP contribution in [0, 0.1) is 6.92 Å². The number of allylic oxidation sites excluding steroid dienone is 1. The Kier molecular flexibility index (Phi) is 7.28. The number of aryl methyl sites for hydroxylation is 1. The fourth-order valence-corrected chi connectivity index (χ4v) is 3.74. The highest BCUT2D eigenvalue weighted by atomic mass is 16.6. The van der Waals surface area contributed by atoms with Crippen LogP contribution in [0.2, 0.25) is 0 Å². The van der Waals surface area contributed by atoms with Gasteiger partial charge in [0, 0.05) is 42.9 Å². The summed E-state index contributed by atoms with van der Waals surface area (Å²) in [6.45, 7) is 3.04. The summed E-state index contributed by atoms with van der Waals surface area (Å²) >= 11 is 0. The number of carbonyl (C=O) groups excluding carboxylic acids is 1. The summed E-state index contributed by atoms with van der Waals surface area (Å²) in [5.41, 5.74) is 4.26. The summed E-state index contributed by atoms with van der Waals surface area (Å²) < 4.78 is 16.2. The van der Waals surface area contributed by atoms with Gasteiger partial charge in [0.15, 0.2) is 22.9 Å². The predicted octanol–water partition coefficient (Wildman–Crippen LogP) is 4.55. The van der Waals surface area contributed by atoms with E-state index in [9.17, 15) is 9.90 Å². The smallest absolute Gasteiger partial charge is 0.347 e. The van der Waals surface area contributed by atoms with Gasteiger partial charge in [0.1, 0.15) is 6.61 Å². The highest BCUT2D eigenvalue weighted by Crippen LogP contribution is 2.39. The molecule has 9 heteroatoms. The SMILES string of the molecule is COCCOC(=O)c1c(Nc2ccc(CN(C)C)cc2C)oc(C=C2C=Nc3ncccc32)c1O. The maximum Gasteiger partial charge on any atom is 0.347 e. The van der Waals surface area contributed by atoms with Gasteiger partial charge in [-0.05, 0) is 56.4 Å². The maximum absolute atomic E-state index is 12.9. The van der Waals surface area contributed by atoms with Gasteiger partial charge in [-0.25, -0.2) is 14.8 Å². The standard InChI is InChI=1S/C26H28N4O5/c1-16-12-17(15-30(2)3)7-8-20(16)29-25-22(26(32)34-11-10-33-4)23(31)21(35-25)13-18-14-28-24-19(18)6-5-9-27-24/h5-9,12-14,29,31H,10-11,15H2,1-4H3. The minimum Gasteiger partial charge on any atom is -0.504 e. The average Bonchev–Trinajstić information content (AvgIpc) is 3.36. The summed E-state index contributed by atoms with van der Waals surface area (Å²) in [7, 11) is 5.53. The molecule has 0 fully saturated rings. The van der Waals surface area contributed by atoms with Gasteiger partial charge < -0.3 is 29.2 Å². The third-order valence-corrected chi connectivity index (χ3v) is 5.38. The van der Waals surface area contributed by atoms with E-state index in [1.54, 1.807) is 24.6 Å². The molecule has 4 rings (SSSR count). The lowest BCUT2D eigenvalue weighted by molar-refractivity contribution is 0.0386. The Bertz CT molecular complexity index is 1290. The molecule has 1 aliphatic heterocycles. The fraction of sp³-hybridized carbons (Fsp3) is 0.269. The van der Waals surface area contributed by atoms with Crippen LogP contribution in [0.4, 0.5) is 17.4 Å². The summed E-state index contributed by atoms with van der Waals surface area (Å²) in [5, 5.41) is 14.1. The van der Waals surface area contributed by atoms with E-state index < -0.39 is 5.97 Å². The number of aromatic nitrogens is 1. The molecule has 0 amide bonds. The van der Waals surface area contributed by atoms with Crippen LogP contribution in [0.5, 0.6) is 5.75 Å². The Balaban J connectivity index is 1.70. The van der Waals surface area contributed by atoms with Crippen molar-refractivity contribution in [1.29, 1.82) is 0 Å². The monoisotopic (exact) mass is 476 g/mol. The lowest BCUT2D eigenvalue weighted by Crippen LogP contribution is -2.11. The van der Waals surface area contributed by atoms with Crippen molar-refractivity contribution in [3.8, 4) is 5.75 Å². The Morgan fingerprint density at radius 3 is 2.83 bits per heavy atom. The van der Waals surface area contributed by atoms with Crippen molar-refractivity contribution < 1.29 is 23.8 Å². The van der Waals surface area contributed by atoms with Crippen LogP contribution in [0.3, 0.4) is 0 Å². The summed E-state index contributed by atoms with van der Waals surface area (Å²) in [4.78, 5) is 23.4. The van der Waals surface area contributed by atoms with E-state index in [4.69, 9.17) is 13.9 Å². The number of pyridine rings is 1. The lowest BCUT2D eigenvalue weighted by atomic mass is 10.1. The third kappa shape index (κ3) is 5.42. The number of carbonyl (C=O) groups is 1. The fourth-order valence-electron chi connectivity index (χ4n) is 3.74. The van der Waals surface area contributed by atoms with Crippen LogP contribution >= 0.6 is 0 Å². The Morgan fingerprint density at radius 2 is 2.09 bits per heavy atom. The van der Waals surface area contributed by atoms with Gasteiger partial charge in [-0.3, -0.25) is 0 Å². The van der Waals surface area contributed by atoms with E-state index in [-0.39, 0.29) is 36.2 Å². The predicted molar refractivity (Wildman–Crippen MR) is 135 cm³/mol. The number of anilines is 2. The normalized spacial score (nSPS) is 13.5. The van der Waals surface area contributed by atoms with Gasteiger partial charge in [0.05, 0.1) is 6.61 Å². The molecule has 2 N–H and O–H groups in total. The van der Waals surface area contributed by atoms with Gasteiger partial charge >= 0.3 is 5.97 Å². The number of ether oxygens (including phenoxy) is 2. The van der Waals surface area contributed by atoms with E-state index in [0.29, 0.717) is 11.4 Å². The number of nitrogens with one attached hydrogen (secondary N) is 1. The molecular weight excluding hydrogens is 448 g/mol. The first-order chi connectivity index (χ1) is 16.9. The van der Waals surface area contributed by atoms with E-state index in [0.717, 1.165) is 28.9 Å². The highest BCUT2D eigenvalue weighted by molar-refractivity contribution is 6.21. The van der Waals surface area contributed by atoms with Crippen molar-refractivity contribution >= 4 is 41.2 Å². The average molecular weight is 477 g/mol. The zero-order valence-electron chi connectivity index (χ0n) is 20.2. The van der Waals surface area contributed by atoms with Crippen LogP contribution < -0.4 is 5.32 Å². The number of nitrogens with zero attached hydrogens (tertiary/aromatic N) is 3. The number of hydrogen-bond donors (Lipinski definition) is 2. The number of benzene rings is 1. The summed E-state index contributed by atoms with van der Waals surface area (Å²) in [6.07, 6.45) is 4.92. The molecule has 35 heavy (non-hydrogen) atoms. The van der Waals surface area contributed by atoms with Crippen molar-refractivity contribution in [3.05, 3.63) is 64.5 Å². The van der Waals surface area contributed by atoms with Crippen LogP contribution in [-0.4, -0.2) is 61.6 Å². The van der Waals surface area contributed by atoms with Gasteiger partial charge in [-0.1, -0.05) is 12.1 Å². The summed E-state index contributed by atoms with van der Waals surface area (Å²) in [6, 6.07) is 9.65. The van der Waals surface area contributed by atoms with E-state index in [2.05, 4.69) is 26.3 Å². The largest absolute Gasteiger partial charge is 0.504 e. The quantitative estimate of drug-likeness (QED) is 0.342. The van der Waals surface area contributed by atoms with Crippen molar-refractivity contribution in [3.63, 3.8) is 0 Å². The Hall–Kier alpha value is -3.95. The molecule has 3 aromatic rings. The van der Waals surface area contributed by atoms with Crippen molar-refractivity contribution in [2.75, 3.05) is 39.7 Å². The minimum atomic E-state index is -0.723. The van der Waals surface area contributed by atoms with Crippen molar-refractivity contribution in [2.45, 2.75) is 13.5 Å². The van der Waals surface area contributed by atoms with Gasteiger partial charge in [0.25, 0.3) is 0 Å². The number of fused-ring (bicyclic) bond motifs is 1. The molecule has 0 spiro atoms. The number of furan rings is 1. The van der Waals surface area contributed by atoms with Gasteiger partial charge in [0.2, 0.25) is 5.88 Å². The van der Waals surface area contributed by atoms with E-state index in [1.807, 2.05) is 39.2 Å². The van der Waals surface area contributed by atoms with Gasteiger partial charge in [-0.2, -0.15) is 0 Å². The second-order valence-electron chi connectivity index (χ2n) is 8.39. The number of aliphatic imine (C=N–C) groups is 1. The first-order valence-corrected chi connectivity index (χ1v) is 11.1. The van der Waals surface area contributed by atoms with Crippen LogP contribution in [-0.2, 0) is 16.0 Å². The molecular formula is C26H28N4O5. The number of aromatic hydroxyl groups is 1. The van der Waals surface area contributed by atoms with Crippen LogP contribution in [0.25, 0.3) is 11.6 Å². The van der Waals surface area contributed by atoms with Crippen molar-refractivity contribution in [1.82, 2.24) is 9.88 Å². The molecule has 2 aromatic heterocycles. The molecule has 0 atom stereocenters. The second kappa shape index (κ2) is 10.5. The molecule has 0 unspecified atom stereocenters. The molecule has 1 aromatic carbocycles. The van der Waals surface area contributed by atoms with Crippen LogP contribution in [0.15, 0.2) is 45.9 Å². The number of rotatable bonds is 9.